The number of rotatable bonds is 5. The fourth-order valence-corrected chi connectivity index (χ4v) is 4.05. The van der Waals surface area contributed by atoms with Crippen LogP contribution < -0.4 is 9.21 Å². The van der Waals surface area contributed by atoms with Crippen molar-refractivity contribution < 1.29 is 13.2 Å². The fourth-order valence-electron chi connectivity index (χ4n) is 3.13. The van der Waals surface area contributed by atoms with Gasteiger partial charge in [0.05, 0.1) is 11.9 Å². The van der Waals surface area contributed by atoms with Crippen LogP contribution in [0.25, 0.3) is 0 Å². The van der Waals surface area contributed by atoms with Crippen LogP contribution in [-0.2, 0) is 21.2 Å². The van der Waals surface area contributed by atoms with Crippen molar-refractivity contribution in [2.24, 2.45) is 0 Å². The van der Waals surface area contributed by atoms with Crippen LogP contribution in [-0.4, -0.2) is 33.7 Å². The van der Waals surface area contributed by atoms with E-state index in [0.717, 1.165) is 23.2 Å². The molecule has 3 rings (SSSR count). The minimum atomic E-state index is -3.45. The van der Waals surface area contributed by atoms with Crippen LogP contribution in [0.3, 0.4) is 0 Å². The molecule has 1 heterocycles. The predicted molar refractivity (Wildman–Crippen MR) is 100 cm³/mol. The van der Waals surface area contributed by atoms with Crippen molar-refractivity contribution >= 4 is 27.3 Å². The molecular formula is C19H22N2O3S. The molecule has 1 aliphatic rings. The number of nitrogens with zero attached hydrogens (tertiary/aromatic N) is 2. The second-order valence-electron chi connectivity index (χ2n) is 6.34. The first-order valence-corrected chi connectivity index (χ1v) is 10.1. The summed E-state index contributed by atoms with van der Waals surface area (Å²) in [7, 11) is -3.45. The largest absolute Gasteiger partial charge is 0.312 e. The number of sulfonamides is 1. The van der Waals surface area contributed by atoms with E-state index < -0.39 is 10.0 Å². The van der Waals surface area contributed by atoms with Crippen LogP contribution in [0, 0.1) is 6.92 Å². The molecule has 0 radical (unpaired) electrons. The third-order valence-electron chi connectivity index (χ3n) is 4.44. The summed E-state index contributed by atoms with van der Waals surface area (Å²) in [5.74, 6) is -0.0503. The molecule has 6 heteroatoms. The molecule has 1 amide bonds. The van der Waals surface area contributed by atoms with Crippen molar-refractivity contribution in [3.05, 3.63) is 59.7 Å². The van der Waals surface area contributed by atoms with Crippen LogP contribution >= 0.6 is 0 Å². The molecule has 2 aromatic rings. The van der Waals surface area contributed by atoms with Crippen LogP contribution in [0.1, 0.15) is 17.5 Å². The molecule has 0 saturated heterocycles. The van der Waals surface area contributed by atoms with E-state index >= 15 is 0 Å². The quantitative estimate of drug-likeness (QED) is 0.826. The summed E-state index contributed by atoms with van der Waals surface area (Å²) in [5.41, 5.74) is 3.74. The zero-order valence-corrected chi connectivity index (χ0v) is 15.3. The zero-order valence-electron chi connectivity index (χ0n) is 14.5. The molecule has 0 bridgehead atoms. The molecular weight excluding hydrogens is 336 g/mol. The lowest BCUT2D eigenvalue weighted by atomic mass is 10.2. The minimum absolute atomic E-state index is 0.0503. The van der Waals surface area contributed by atoms with Gasteiger partial charge in [0, 0.05) is 25.2 Å². The highest BCUT2D eigenvalue weighted by molar-refractivity contribution is 7.92. The topological polar surface area (TPSA) is 57.7 Å². The van der Waals surface area contributed by atoms with Gasteiger partial charge in [0.2, 0.25) is 15.9 Å². The summed E-state index contributed by atoms with van der Waals surface area (Å²) < 4.78 is 25.6. The summed E-state index contributed by atoms with van der Waals surface area (Å²) in [5, 5.41) is 0. The molecule has 1 aliphatic heterocycles. The minimum Gasteiger partial charge on any atom is -0.312 e. The average molecular weight is 358 g/mol. The van der Waals surface area contributed by atoms with Crippen molar-refractivity contribution in [2.75, 3.05) is 28.6 Å². The standard InChI is InChI=1S/C19H22N2O3S/c1-15-7-9-17(10-8-15)21(25(2,23)24)14-12-19(22)20-13-11-16-5-3-4-6-18(16)20/h3-10H,11-14H2,1-2H3. The molecule has 0 aromatic heterocycles. The lowest BCUT2D eigenvalue weighted by molar-refractivity contribution is -0.118. The number of carbonyl (C=O) groups excluding carboxylic acids is 1. The fraction of sp³-hybridized carbons (Fsp3) is 0.316. The normalized spacial score (nSPS) is 13.6. The first-order chi connectivity index (χ1) is 11.9. The number of aryl methyl sites for hydroxylation is 1. The van der Waals surface area contributed by atoms with Crippen LogP contribution in [0.4, 0.5) is 11.4 Å². The highest BCUT2D eigenvalue weighted by Gasteiger charge is 2.25. The van der Waals surface area contributed by atoms with Gasteiger partial charge in [-0.25, -0.2) is 8.42 Å². The van der Waals surface area contributed by atoms with Gasteiger partial charge in [0.25, 0.3) is 0 Å². The van der Waals surface area contributed by atoms with Crippen LogP contribution in [0.2, 0.25) is 0 Å². The van der Waals surface area contributed by atoms with Crippen LogP contribution in [0.5, 0.6) is 0 Å². The Kier molecular flexibility index (Phi) is 4.81. The van der Waals surface area contributed by atoms with Crippen molar-refractivity contribution in [1.29, 1.82) is 0 Å². The van der Waals surface area contributed by atoms with Gasteiger partial charge in [-0.3, -0.25) is 9.10 Å². The maximum Gasteiger partial charge on any atom is 0.232 e. The molecule has 0 saturated carbocycles. The highest BCUT2D eigenvalue weighted by Crippen LogP contribution is 2.28. The Labute approximate surface area is 148 Å². The Balaban J connectivity index is 1.74. The second kappa shape index (κ2) is 6.88. The molecule has 132 valence electrons. The molecule has 0 fully saturated rings. The average Bonchev–Trinajstić information content (AvgIpc) is 2.99. The first-order valence-electron chi connectivity index (χ1n) is 8.29. The van der Waals surface area contributed by atoms with Gasteiger partial charge in [-0.15, -0.1) is 0 Å². The van der Waals surface area contributed by atoms with Crippen molar-refractivity contribution in [1.82, 2.24) is 0 Å². The van der Waals surface area contributed by atoms with Crippen molar-refractivity contribution in [3.63, 3.8) is 0 Å². The second-order valence-corrected chi connectivity index (χ2v) is 8.25. The van der Waals surface area contributed by atoms with Crippen LogP contribution in [0.15, 0.2) is 48.5 Å². The van der Waals surface area contributed by atoms with Gasteiger partial charge < -0.3 is 4.90 Å². The monoisotopic (exact) mass is 358 g/mol. The summed E-state index contributed by atoms with van der Waals surface area (Å²) in [6.07, 6.45) is 2.16. The van der Waals surface area contributed by atoms with E-state index in [1.54, 1.807) is 17.0 Å². The number of fused-ring (bicyclic) bond motifs is 1. The Bertz CT molecular complexity index is 876. The summed E-state index contributed by atoms with van der Waals surface area (Å²) in [4.78, 5) is 14.4. The van der Waals surface area contributed by atoms with E-state index in [2.05, 4.69) is 0 Å². The molecule has 0 aliphatic carbocycles. The Hall–Kier alpha value is -2.34. The lowest BCUT2D eigenvalue weighted by Crippen LogP contribution is -2.36. The number of carbonyl (C=O) groups is 1. The van der Waals surface area contributed by atoms with E-state index in [-0.39, 0.29) is 18.9 Å². The number of anilines is 2. The zero-order chi connectivity index (χ0) is 18.0. The summed E-state index contributed by atoms with van der Waals surface area (Å²) >= 11 is 0. The van der Waals surface area contributed by atoms with E-state index in [4.69, 9.17) is 0 Å². The Morgan fingerprint density at radius 1 is 1.12 bits per heavy atom. The number of benzene rings is 2. The number of hydrogen-bond acceptors (Lipinski definition) is 3. The van der Waals surface area contributed by atoms with E-state index in [1.807, 2.05) is 43.3 Å². The van der Waals surface area contributed by atoms with Gasteiger partial charge in [0.1, 0.15) is 0 Å². The summed E-state index contributed by atoms with van der Waals surface area (Å²) in [6, 6.07) is 15.1. The number of amides is 1. The molecule has 25 heavy (non-hydrogen) atoms. The molecule has 0 unspecified atom stereocenters. The number of para-hydroxylation sites is 1. The maximum absolute atomic E-state index is 12.6. The molecule has 0 N–H and O–H groups in total. The molecule has 0 spiro atoms. The van der Waals surface area contributed by atoms with E-state index in [0.29, 0.717) is 12.2 Å². The van der Waals surface area contributed by atoms with Crippen molar-refractivity contribution in [3.8, 4) is 0 Å². The van der Waals surface area contributed by atoms with Gasteiger partial charge in [-0.1, -0.05) is 35.9 Å². The third kappa shape index (κ3) is 3.85. The Morgan fingerprint density at radius 2 is 1.80 bits per heavy atom. The Morgan fingerprint density at radius 3 is 2.48 bits per heavy atom. The first kappa shape index (κ1) is 17.5. The van der Waals surface area contributed by atoms with Gasteiger partial charge in [-0.05, 0) is 37.1 Å². The molecule has 0 atom stereocenters. The van der Waals surface area contributed by atoms with E-state index in [1.165, 1.54) is 10.6 Å². The molecule has 2 aromatic carbocycles. The third-order valence-corrected chi connectivity index (χ3v) is 5.63. The van der Waals surface area contributed by atoms with Crippen molar-refractivity contribution in [2.45, 2.75) is 19.8 Å². The molecule has 5 nitrogen and oxygen atoms in total. The lowest BCUT2D eigenvalue weighted by Gasteiger charge is -2.24. The summed E-state index contributed by atoms with van der Waals surface area (Å²) in [6.45, 7) is 2.74. The van der Waals surface area contributed by atoms with Gasteiger partial charge in [-0.2, -0.15) is 0 Å². The SMILES string of the molecule is Cc1ccc(N(CCC(=O)N2CCc3ccccc32)S(C)(=O)=O)cc1. The smallest absolute Gasteiger partial charge is 0.232 e. The predicted octanol–water partition coefficient (Wildman–Crippen LogP) is 2.74. The van der Waals surface area contributed by atoms with Gasteiger partial charge >= 0.3 is 0 Å². The van der Waals surface area contributed by atoms with E-state index in [9.17, 15) is 13.2 Å². The maximum atomic E-state index is 12.6. The highest BCUT2D eigenvalue weighted by atomic mass is 32.2. The van der Waals surface area contributed by atoms with Gasteiger partial charge in [0.15, 0.2) is 0 Å². The number of hydrogen-bond donors (Lipinski definition) is 0.